The Morgan fingerprint density at radius 2 is 1.47 bits per heavy atom. The summed E-state index contributed by atoms with van der Waals surface area (Å²) in [6.07, 6.45) is 0.279. The number of hydrogen-bond donors (Lipinski definition) is 6. The van der Waals surface area contributed by atoms with Crippen molar-refractivity contribution in [2.24, 2.45) is 0 Å². The standard InChI is InChI=1S/C23H28ClN3O.C4H6O6/c24-21-8-7-19-9-11-25-12-10-20(19)23(21)26-16-18-5-3-17(4-6-18)15-22(28)27-13-1-2-14-27;5-1(3(7)8)2(6)4(9)10/h3-8,25-26H,1-2,9-16H2;1-2,5-6H,(H,7,8)(H,9,10). The van der Waals surface area contributed by atoms with Crippen molar-refractivity contribution < 1.29 is 34.8 Å². The van der Waals surface area contributed by atoms with Crippen LogP contribution in [0.25, 0.3) is 0 Å². The highest BCUT2D eigenvalue weighted by Crippen LogP contribution is 2.31. The van der Waals surface area contributed by atoms with E-state index in [4.69, 9.17) is 32.0 Å². The van der Waals surface area contributed by atoms with Crippen LogP contribution in [0.2, 0.25) is 5.02 Å². The smallest absolute Gasteiger partial charge is 0.335 e. The second-order valence-corrected chi connectivity index (χ2v) is 9.72. The number of carbonyl (C=O) groups excluding carboxylic acids is 1. The SMILES string of the molecule is O=C(Cc1ccc(CNc2c(Cl)ccc3c2CCNCC3)cc1)N1CCCC1.O=C(O)C(O)C(O)C(=O)O. The van der Waals surface area contributed by atoms with Gasteiger partial charge in [0.2, 0.25) is 5.91 Å². The van der Waals surface area contributed by atoms with Crippen molar-refractivity contribution >= 4 is 35.1 Å². The third-order valence-corrected chi connectivity index (χ3v) is 6.91. The first-order valence-corrected chi connectivity index (χ1v) is 13.0. The van der Waals surface area contributed by atoms with Crippen LogP contribution in [0.3, 0.4) is 0 Å². The molecule has 2 aliphatic heterocycles. The van der Waals surface area contributed by atoms with Crippen molar-refractivity contribution in [3.63, 3.8) is 0 Å². The Morgan fingerprint density at radius 3 is 2.08 bits per heavy atom. The second-order valence-electron chi connectivity index (χ2n) is 9.31. The average molecular weight is 548 g/mol. The number of carboxylic acid groups (broad SMARTS) is 2. The lowest BCUT2D eigenvalue weighted by Crippen LogP contribution is -2.39. The number of fused-ring (bicyclic) bond motifs is 1. The number of halogens is 1. The van der Waals surface area contributed by atoms with Crippen molar-refractivity contribution in [3.05, 3.63) is 63.7 Å². The normalized spacial score (nSPS) is 16.3. The molecule has 1 amide bonds. The van der Waals surface area contributed by atoms with Crippen molar-refractivity contribution in [2.75, 3.05) is 31.5 Å². The van der Waals surface area contributed by atoms with Crippen molar-refractivity contribution in [3.8, 4) is 0 Å². The molecule has 6 N–H and O–H groups in total. The number of carbonyl (C=O) groups is 3. The summed E-state index contributed by atoms with van der Waals surface area (Å²) in [7, 11) is 0. The molecule has 2 aromatic rings. The molecule has 2 aromatic carbocycles. The van der Waals surface area contributed by atoms with E-state index in [1.54, 1.807) is 0 Å². The van der Waals surface area contributed by atoms with Gasteiger partial charge in [0.25, 0.3) is 0 Å². The largest absolute Gasteiger partial charge is 0.479 e. The van der Waals surface area contributed by atoms with Crippen LogP contribution in [0.5, 0.6) is 0 Å². The molecule has 0 spiro atoms. The Balaban J connectivity index is 0.000000342. The second kappa shape index (κ2) is 14.1. The number of benzene rings is 2. The molecule has 0 bridgehead atoms. The summed E-state index contributed by atoms with van der Waals surface area (Å²) >= 11 is 6.50. The summed E-state index contributed by atoms with van der Waals surface area (Å²) in [5.74, 6) is -3.29. The number of aliphatic hydroxyl groups is 2. The lowest BCUT2D eigenvalue weighted by atomic mass is 10.0. The van der Waals surface area contributed by atoms with Gasteiger partial charge < -0.3 is 36.0 Å². The van der Waals surface area contributed by atoms with Crippen LogP contribution in [0.4, 0.5) is 5.69 Å². The third-order valence-electron chi connectivity index (χ3n) is 6.59. The fourth-order valence-corrected chi connectivity index (χ4v) is 4.67. The van der Waals surface area contributed by atoms with Gasteiger partial charge >= 0.3 is 11.9 Å². The van der Waals surface area contributed by atoms with Crippen LogP contribution in [-0.4, -0.2) is 81.6 Å². The van der Waals surface area contributed by atoms with Gasteiger partial charge in [-0.05, 0) is 67.1 Å². The van der Waals surface area contributed by atoms with E-state index >= 15 is 0 Å². The van der Waals surface area contributed by atoms with Crippen LogP contribution in [0, 0.1) is 0 Å². The molecule has 0 aliphatic carbocycles. The average Bonchev–Trinajstić information content (AvgIpc) is 3.34. The Morgan fingerprint density at radius 1 is 0.895 bits per heavy atom. The number of nitrogens with one attached hydrogen (secondary N) is 2. The zero-order valence-electron chi connectivity index (χ0n) is 21.0. The molecule has 2 heterocycles. The van der Waals surface area contributed by atoms with E-state index in [1.807, 2.05) is 11.0 Å². The Kier molecular flexibility index (Phi) is 10.9. The van der Waals surface area contributed by atoms with Crippen LogP contribution >= 0.6 is 11.6 Å². The summed E-state index contributed by atoms with van der Waals surface area (Å²) in [5, 5.41) is 40.3. The number of nitrogens with zero attached hydrogens (tertiary/aromatic N) is 1. The van der Waals surface area contributed by atoms with Crippen molar-refractivity contribution in [1.82, 2.24) is 10.2 Å². The van der Waals surface area contributed by atoms with E-state index in [2.05, 4.69) is 41.0 Å². The number of likely N-dealkylation sites (tertiary alicyclic amines) is 1. The van der Waals surface area contributed by atoms with Gasteiger partial charge in [-0.2, -0.15) is 0 Å². The molecule has 0 radical (unpaired) electrons. The first-order valence-electron chi connectivity index (χ1n) is 12.6. The molecule has 2 aliphatic rings. The predicted molar refractivity (Wildman–Crippen MR) is 142 cm³/mol. The zero-order valence-corrected chi connectivity index (χ0v) is 21.8. The Labute approximate surface area is 226 Å². The molecule has 1 saturated heterocycles. The molecule has 4 rings (SSSR count). The molecular weight excluding hydrogens is 514 g/mol. The Bertz CT molecular complexity index is 1100. The third kappa shape index (κ3) is 8.16. The highest BCUT2D eigenvalue weighted by Gasteiger charge is 2.29. The highest BCUT2D eigenvalue weighted by molar-refractivity contribution is 6.33. The maximum absolute atomic E-state index is 12.3. The van der Waals surface area contributed by atoms with E-state index in [-0.39, 0.29) is 5.91 Å². The quantitative estimate of drug-likeness (QED) is 0.289. The number of carboxylic acids is 2. The lowest BCUT2D eigenvalue weighted by molar-refractivity contribution is -0.165. The fourth-order valence-electron chi connectivity index (χ4n) is 4.42. The van der Waals surface area contributed by atoms with Gasteiger partial charge in [0.15, 0.2) is 12.2 Å². The summed E-state index contributed by atoms with van der Waals surface area (Å²) in [6.45, 7) is 4.56. The minimum atomic E-state index is -2.27. The number of aliphatic hydroxyl groups excluding tert-OH is 2. The number of anilines is 1. The molecule has 38 heavy (non-hydrogen) atoms. The number of aliphatic carboxylic acids is 2. The minimum Gasteiger partial charge on any atom is -0.479 e. The van der Waals surface area contributed by atoms with Crippen molar-refractivity contribution in [1.29, 1.82) is 0 Å². The fraction of sp³-hybridized carbons (Fsp3) is 0.444. The van der Waals surface area contributed by atoms with E-state index < -0.39 is 24.1 Å². The van der Waals surface area contributed by atoms with Gasteiger partial charge in [-0.3, -0.25) is 4.79 Å². The van der Waals surface area contributed by atoms with E-state index in [0.717, 1.165) is 74.7 Å². The van der Waals surface area contributed by atoms with Crippen LogP contribution in [0.15, 0.2) is 36.4 Å². The molecule has 206 valence electrons. The first-order chi connectivity index (χ1) is 18.2. The molecule has 0 aromatic heterocycles. The topological polar surface area (TPSA) is 159 Å². The number of rotatable bonds is 8. The lowest BCUT2D eigenvalue weighted by Gasteiger charge is -2.17. The van der Waals surface area contributed by atoms with Crippen LogP contribution in [0.1, 0.15) is 35.1 Å². The number of hydrogen-bond acceptors (Lipinski definition) is 7. The summed E-state index contributed by atoms with van der Waals surface area (Å²) in [6, 6.07) is 12.5. The van der Waals surface area contributed by atoms with Gasteiger partial charge in [0, 0.05) is 19.6 Å². The number of amides is 1. The molecular formula is C27H34ClN3O7. The van der Waals surface area contributed by atoms with Gasteiger partial charge in [-0.15, -0.1) is 0 Å². The first kappa shape index (κ1) is 29.4. The summed E-state index contributed by atoms with van der Waals surface area (Å²) < 4.78 is 0. The molecule has 0 saturated carbocycles. The maximum Gasteiger partial charge on any atom is 0.335 e. The Hall–Kier alpha value is -3.18. The van der Waals surface area contributed by atoms with E-state index in [0.29, 0.717) is 6.42 Å². The molecule has 2 unspecified atom stereocenters. The molecule has 1 fully saturated rings. The maximum atomic E-state index is 12.3. The van der Waals surface area contributed by atoms with E-state index in [1.165, 1.54) is 16.7 Å². The van der Waals surface area contributed by atoms with Gasteiger partial charge in [0.1, 0.15) is 0 Å². The van der Waals surface area contributed by atoms with Gasteiger partial charge in [-0.1, -0.05) is 41.9 Å². The molecule has 10 nitrogen and oxygen atoms in total. The molecule has 11 heteroatoms. The highest BCUT2D eigenvalue weighted by atomic mass is 35.5. The van der Waals surface area contributed by atoms with E-state index in [9.17, 15) is 14.4 Å². The zero-order chi connectivity index (χ0) is 27.7. The monoisotopic (exact) mass is 547 g/mol. The van der Waals surface area contributed by atoms with Crippen molar-refractivity contribution in [2.45, 2.75) is 50.9 Å². The van der Waals surface area contributed by atoms with Crippen LogP contribution < -0.4 is 10.6 Å². The summed E-state index contributed by atoms with van der Waals surface area (Å²) in [4.78, 5) is 33.8. The summed E-state index contributed by atoms with van der Waals surface area (Å²) in [5.41, 5.74) is 6.06. The predicted octanol–water partition coefficient (Wildman–Crippen LogP) is 1.68. The van der Waals surface area contributed by atoms with Gasteiger partial charge in [0.05, 0.1) is 17.1 Å². The van der Waals surface area contributed by atoms with Crippen LogP contribution in [-0.2, 0) is 40.2 Å². The minimum absolute atomic E-state index is 0.246. The van der Waals surface area contributed by atoms with Gasteiger partial charge in [-0.25, -0.2) is 9.59 Å². The molecule has 2 atom stereocenters.